The van der Waals surface area contributed by atoms with Gasteiger partial charge in [0.1, 0.15) is 0 Å². The van der Waals surface area contributed by atoms with Gasteiger partial charge in [-0.05, 0) is 39.4 Å². The molecule has 0 aliphatic carbocycles. The molecular formula is C13H20N2. The maximum atomic E-state index is 2.47. The Morgan fingerprint density at radius 3 is 2.40 bits per heavy atom. The summed E-state index contributed by atoms with van der Waals surface area (Å²) in [6, 6.07) is 12.0. The standard InChI is InChI=1S/C13H20N2/c1-11-9-12(2)15(10-14(11)3)13-7-5-4-6-8-13/h4-8,11-12H,9-10H2,1-3H3. The summed E-state index contributed by atoms with van der Waals surface area (Å²) in [5.41, 5.74) is 1.34. The van der Waals surface area contributed by atoms with Crippen LogP contribution < -0.4 is 4.90 Å². The highest BCUT2D eigenvalue weighted by molar-refractivity contribution is 5.47. The van der Waals surface area contributed by atoms with Crippen molar-refractivity contribution in [2.24, 2.45) is 0 Å². The molecule has 1 heterocycles. The first kappa shape index (κ1) is 10.5. The van der Waals surface area contributed by atoms with E-state index in [4.69, 9.17) is 0 Å². The number of hydrogen-bond donors (Lipinski definition) is 0. The fourth-order valence-corrected chi connectivity index (χ4v) is 2.28. The molecule has 1 saturated heterocycles. The SMILES string of the molecule is CC1CC(C)N(c2ccccc2)CN1C. The summed E-state index contributed by atoms with van der Waals surface area (Å²) in [6.07, 6.45) is 1.24. The second-order valence-electron chi connectivity index (χ2n) is 4.64. The molecule has 2 rings (SSSR count). The van der Waals surface area contributed by atoms with Crippen molar-refractivity contribution in [3.05, 3.63) is 30.3 Å². The third kappa shape index (κ3) is 2.15. The molecule has 1 aliphatic heterocycles. The molecule has 1 aromatic rings. The van der Waals surface area contributed by atoms with Crippen molar-refractivity contribution in [1.29, 1.82) is 0 Å². The smallest absolute Gasteiger partial charge is 0.0709 e. The van der Waals surface area contributed by atoms with Crippen molar-refractivity contribution in [3.8, 4) is 0 Å². The van der Waals surface area contributed by atoms with Gasteiger partial charge >= 0.3 is 0 Å². The molecule has 1 aromatic carbocycles. The van der Waals surface area contributed by atoms with Crippen LogP contribution in [0, 0.1) is 0 Å². The van der Waals surface area contributed by atoms with E-state index in [2.05, 4.69) is 61.0 Å². The fraction of sp³-hybridized carbons (Fsp3) is 0.538. The molecule has 2 heteroatoms. The van der Waals surface area contributed by atoms with E-state index in [1.165, 1.54) is 12.1 Å². The summed E-state index contributed by atoms with van der Waals surface area (Å²) in [4.78, 5) is 4.88. The molecule has 1 aliphatic rings. The minimum atomic E-state index is 0.638. The van der Waals surface area contributed by atoms with Gasteiger partial charge in [-0.3, -0.25) is 4.90 Å². The topological polar surface area (TPSA) is 6.48 Å². The van der Waals surface area contributed by atoms with Crippen molar-refractivity contribution in [1.82, 2.24) is 4.90 Å². The predicted octanol–water partition coefficient (Wildman–Crippen LogP) is 2.56. The van der Waals surface area contributed by atoms with E-state index in [9.17, 15) is 0 Å². The number of rotatable bonds is 1. The highest BCUT2D eigenvalue weighted by atomic mass is 15.3. The fourth-order valence-electron chi connectivity index (χ4n) is 2.28. The molecule has 82 valence electrons. The zero-order valence-electron chi connectivity index (χ0n) is 9.85. The Bertz CT molecular complexity index is 310. The molecule has 0 saturated carbocycles. The second-order valence-corrected chi connectivity index (χ2v) is 4.64. The molecule has 2 unspecified atom stereocenters. The Kier molecular flexibility index (Phi) is 2.96. The molecule has 0 amide bonds. The van der Waals surface area contributed by atoms with Crippen LogP contribution in [0.5, 0.6) is 0 Å². The maximum absolute atomic E-state index is 2.47. The lowest BCUT2D eigenvalue weighted by Gasteiger charge is -2.43. The van der Waals surface area contributed by atoms with Gasteiger partial charge in [0.15, 0.2) is 0 Å². The third-order valence-electron chi connectivity index (χ3n) is 3.43. The van der Waals surface area contributed by atoms with Crippen molar-refractivity contribution in [2.45, 2.75) is 32.4 Å². The van der Waals surface area contributed by atoms with Crippen molar-refractivity contribution in [2.75, 3.05) is 18.6 Å². The summed E-state index contributed by atoms with van der Waals surface area (Å²) in [6.45, 7) is 5.65. The normalized spacial score (nSPS) is 28.1. The molecule has 2 nitrogen and oxygen atoms in total. The lowest BCUT2D eigenvalue weighted by Crippen LogP contribution is -2.52. The van der Waals surface area contributed by atoms with Crippen LogP contribution in [0.4, 0.5) is 5.69 Å². The zero-order valence-corrected chi connectivity index (χ0v) is 9.85. The van der Waals surface area contributed by atoms with Crippen molar-refractivity contribution >= 4 is 5.69 Å². The Morgan fingerprint density at radius 2 is 1.73 bits per heavy atom. The van der Waals surface area contributed by atoms with E-state index >= 15 is 0 Å². The third-order valence-corrected chi connectivity index (χ3v) is 3.43. The summed E-state index contributed by atoms with van der Waals surface area (Å²) >= 11 is 0. The van der Waals surface area contributed by atoms with Gasteiger partial charge in [0, 0.05) is 17.8 Å². The first-order chi connectivity index (χ1) is 7.18. The van der Waals surface area contributed by atoms with Crippen LogP contribution in [0.1, 0.15) is 20.3 Å². The van der Waals surface area contributed by atoms with E-state index in [1.54, 1.807) is 0 Å². The second kappa shape index (κ2) is 4.23. The lowest BCUT2D eigenvalue weighted by atomic mass is 10.0. The van der Waals surface area contributed by atoms with Crippen LogP contribution in [0.25, 0.3) is 0 Å². The first-order valence-electron chi connectivity index (χ1n) is 5.70. The van der Waals surface area contributed by atoms with Crippen LogP contribution >= 0.6 is 0 Å². The quantitative estimate of drug-likeness (QED) is 0.693. The van der Waals surface area contributed by atoms with Crippen LogP contribution in [0.15, 0.2) is 30.3 Å². The number of benzene rings is 1. The molecule has 0 bridgehead atoms. The summed E-state index contributed by atoms with van der Waals surface area (Å²) < 4.78 is 0. The van der Waals surface area contributed by atoms with Gasteiger partial charge in [-0.2, -0.15) is 0 Å². The van der Waals surface area contributed by atoms with Crippen molar-refractivity contribution in [3.63, 3.8) is 0 Å². The van der Waals surface area contributed by atoms with E-state index in [0.29, 0.717) is 12.1 Å². The number of anilines is 1. The molecule has 2 atom stereocenters. The van der Waals surface area contributed by atoms with Gasteiger partial charge in [-0.15, -0.1) is 0 Å². The first-order valence-corrected chi connectivity index (χ1v) is 5.70. The average Bonchev–Trinajstić information content (AvgIpc) is 2.25. The number of nitrogens with zero attached hydrogens (tertiary/aromatic N) is 2. The zero-order chi connectivity index (χ0) is 10.8. The van der Waals surface area contributed by atoms with Gasteiger partial charge in [-0.1, -0.05) is 18.2 Å². The predicted molar refractivity (Wildman–Crippen MR) is 65.1 cm³/mol. The molecule has 15 heavy (non-hydrogen) atoms. The van der Waals surface area contributed by atoms with Crippen LogP contribution in [0.2, 0.25) is 0 Å². The van der Waals surface area contributed by atoms with Crippen LogP contribution in [-0.2, 0) is 0 Å². The number of hydrogen-bond acceptors (Lipinski definition) is 2. The molecule has 1 fully saturated rings. The molecular weight excluding hydrogens is 184 g/mol. The minimum Gasteiger partial charge on any atom is -0.356 e. The average molecular weight is 204 g/mol. The Hall–Kier alpha value is -1.02. The minimum absolute atomic E-state index is 0.638. The van der Waals surface area contributed by atoms with Crippen LogP contribution in [-0.4, -0.2) is 30.7 Å². The van der Waals surface area contributed by atoms with Gasteiger partial charge in [0.2, 0.25) is 0 Å². The van der Waals surface area contributed by atoms with Gasteiger partial charge < -0.3 is 4.90 Å². The molecule has 0 aromatic heterocycles. The number of para-hydroxylation sites is 1. The van der Waals surface area contributed by atoms with E-state index in [-0.39, 0.29) is 0 Å². The van der Waals surface area contributed by atoms with E-state index in [1.807, 2.05) is 0 Å². The highest BCUT2D eigenvalue weighted by Crippen LogP contribution is 2.24. The summed E-state index contributed by atoms with van der Waals surface area (Å²) in [5.74, 6) is 0. The highest BCUT2D eigenvalue weighted by Gasteiger charge is 2.26. The maximum Gasteiger partial charge on any atom is 0.0709 e. The lowest BCUT2D eigenvalue weighted by molar-refractivity contribution is 0.189. The van der Waals surface area contributed by atoms with E-state index < -0.39 is 0 Å². The van der Waals surface area contributed by atoms with Crippen molar-refractivity contribution < 1.29 is 0 Å². The largest absolute Gasteiger partial charge is 0.356 e. The Balaban J connectivity index is 2.16. The summed E-state index contributed by atoms with van der Waals surface area (Å²) in [7, 11) is 2.20. The Labute approximate surface area is 92.5 Å². The Morgan fingerprint density at radius 1 is 1.07 bits per heavy atom. The molecule has 0 spiro atoms. The van der Waals surface area contributed by atoms with Crippen LogP contribution in [0.3, 0.4) is 0 Å². The van der Waals surface area contributed by atoms with Gasteiger partial charge in [-0.25, -0.2) is 0 Å². The summed E-state index contributed by atoms with van der Waals surface area (Å²) in [5, 5.41) is 0. The monoisotopic (exact) mass is 204 g/mol. The van der Waals surface area contributed by atoms with E-state index in [0.717, 1.165) is 6.67 Å². The van der Waals surface area contributed by atoms with Gasteiger partial charge in [0.05, 0.1) is 6.67 Å². The van der Waals surface area contributed by atoms with Gasteiger partial charge in [0.25, 0.3) is 0 Å². The molecule has 0 radical (unpaired) electrons. The molecule has 0 N–H and O–H groups in total.